The van der Waals surface area contributed by atoms with E-state index in [0.29, 0.717) is 17.0 Å². The van der Waals surface area contributed by atoms with Gasteiger partial charge >= 0.3 is 0 Å². The van der Waals surface area contributed by atoms with E-state index in [1.54, 1.807) is 29.2 Å². The molecule has 24 heavy (non-hydrogen) atoms. The Balaban J connectivity index is 1.98. The predicted octanol–water partition coefficient (Wildman–Crippen LogP) is 3.78. The maximum atomic E-state index is 14.6. The highest BCUT2D eigenvalue weighted by molar-refractivity contribution is 6.03. The molecule has 0 unspecified atom stereocenters. The molecule has 0 aliphatic rings. The molecule has 0 aliphatic heterocycles. The minimum atomic E-state index is -0.333. The summed E-state index contributed by atoms with van der Waals surface area (Å²) in [4.78, 5) is 7.51. The van der Waals surface area contributed by atoms with Gasteiger partial charge in [0.25, 0.3) is 0 Å². The zero-order valence-electron chi connectivity index (χ0n) is 13.2. The van der Waals surface area contributed by atoms with Crippen LogP contribution in [0.4, 0.5) is 4.39 Å². The molecule has 0 bridgehead atoms. The van der Waals surface area contributed by atoms with Crippen molar-refractivity contribution in [3.63, 3.8) is 0 Å². The van der Waals surface area contributed by atoms with Crippen LogP contribution in [0.5, 0.6) is 5.75 Å². The lowest BCUT2D eigenvalue weighted by Gasteiger charge is -2.08. The minimum absolute atomic E-state index is 0.333. The highest BCUT2D eigenvalue weighted by atomic mass is 19.1. The Bertz CT molecular complexity index is 1030. The summed E-state index contributed by atoms with van der Waals surface area (Å²) in [7, 11) is 3.38. The Kier molecular flexibility index (Phi) is 3.30. The van der Waals surface area contributed by atoms with Gasteiger partial charge in [0.2, 0.25) is 0 Å². The van der Waals surface area contributed by atoms with E-state index in [2.05, 4.69) is 15.1 Å². The zero-order valence-corrected chi connectivity index (χ0v) is 13.2. The molecular weight excluding hydrogens is 307 g/mol. The molecule has 6 heteroatoms. The Morgan fingerprint density at radius 1 is 1.17 bits per heavy atom. The number of ether oxygens (including phenoxy) is 1. The molecule has 4 rings (SSSR count). The number of fused-ring (bicyclic) bond motifs is 1. The molecule has 0 amide bonds. The first-order valence-electron chi connectivity index (χ1n) is 7.46. The van der Waals surface area contributed by atoms with Gasteiger partial charge in [-0.1, -0.05) is 0 Å². The molecule has 0 saturated carbocycles. The molecule has 1 N–H and O–H groups in total. The number of methoxy groups -OCH3 is 1. The lowest BCUT2D eigenvalue weighted by Crippen LogP contribution is -1.90. The number of benzene rings is 1. The second-order valence-corrected chi connectivity index (χ2v) is 5.53. The zero-order chi connectivity index (χ0) is 16.7. The Hall–Kier alpha value is -3.15. The van der Waals surface area contributed by atoms with Crippen molar-refractivity contribution in [1.82, 2.24) is 19.7 Å². The molecule has 3 heterocycles. The molecule has 0 fully saturated rings. The lowest BCUT2D eigenvalue weighted by molar-refractivity contribution is 0.411. The van der Waals surface area contributed by atoms with Gasteiger partial charge < -0.3 is 9.72 Å². The molecule has 4 aromatic rings. The third kappa shape index (κ3) is 2.23. The van der Waals surface area contributed by atoms with Crippen molar-refractivity contribution >= 4 is 11.0 Å². The van der Waals surface area contributed by atoms with Crippen molar-refractivity contribution in [1.29, 1.82) is 0 Å². The van der Waals surface area contributed by atoms with E-state index in [1.807, 2.05) is 25.5 Å². The van der Waals surface area contributed by atoms with Gasteiger partial charge in [0, 0.05) is 53.8 Å². The summed E-state index contributed by atoms with van der Waals surface area (Å²) in [6, 6.07) is 6.68. The molecule has 0 spiro atoms. The number of aromatic amines is 1. The SMILES string of the molecule is COc1ccc(-c2ccnc3[nH]cc(-c4cnn(C)c4)c23)c(F)c1. The van der Waals surface area contributed by atoms with Crippen LogP contribution >= 0.6 is 0 Å². The van der Waals surface area contributed by atoms with E-state index >= 15 is 0 Å². The highest BCUT2D eigenvalue weighted by Crippen LogP contribution is 2.37. The van der Waals surface area contributed by atoms with Crippen LogP contribution in [0.25, 0.3) is 33.3 Å². The Labute approximate surface area is 137 Å². The first-order valence-corrected chi connectivity index (χ1v) is 7.46. The smallest absolute Gasteiger partial charge is 0.138 e. The van der Waals surface area contributed by atoms with Crippen LogP contribution in [0, 0.1) is 5.82 Å². The topological polar surface area (TPSA) is 55.7 Å². The number of H-pyrrole nitrogens is 1. The summed E-state index contributed by atoms with van der Waals surface area (Å²) >= 11 is 0. The molecule has 0 radical (unpaired) electrons. The van der Waals surface area contributed by atoms with Crippen molar-refractivity contribution in [3.05, 3.63) is 54.9 Å². The Morgan fingerprint density at radius 2 is 2.04 bits per heavy atom. The van der Waals surface area contributed by atoms with Gasteiger partial charge in [0.1, 0.15) is 17.2 Å². The number of nitrogens with zero attached hydrogens (tertiary/aromatic N) is 3. The molecule has 120 valence electrons. The summed E-state index contributed by atoms with van der Waals surface area (Å²) in [6.45, 7) is 0. The second kappa shape index (κ2) is 5.49. The fraction of sp³-hybridized carbons (Fsp3) is 0.111. The van der Waals surface area contributed by atoms with Gasteiger partial charge in [0.05, 0.1) is 13.3 Å². The summed E-state index contributed by atoms with van der Waals surface area (Å²) in [5.41, 5.74) is 3.89. The number of aromatic nitrogens is 4. The van der Waals surface area contributed by atoms with Gasteiger partial charge in [-0.3, -0.25) is 4.68 Å². The average molecular weight is 322 g/mol. The van der Waals surface area contributed by atoms with Crippen LogP contribution in [0.2, 0.25) is 0 Å². The highest BCUT2D eigenvalue weighted by Gasteiger charge is 2.16. The van der Waals surface area contributed by atoms with Crippen LogP contribution in [-0.2, 0) is 7.05 Å². The van der Waals surface area contributed by atoms with Crippen LogP contribution in [0.3, 0.4) is 0 Å². The number of hydrogen-bond donors (Lipinski definition) is 1. The quantitative estimate of drug-likeness (QED) is 0.624. The Morgan fingerprint density at radius 3 is 2.75 bits per heavy atom. The van der Waals surface area contributed by atoms with Crippen molar-refractivity contribution in [3.8, 4) is 28.0 Å². The van der Waals surface area contributed by atoms with Crippen LogP contribution < -0.4 is 4.74 Å². The number of aryl methyl sites for hydroxylation is 1. The fourth-order valence-electron chi connectivity index (χ4n) is 2.91. The monoisotopic (exact) mass is 322 g/mol. The summed E-state index contributed by atoms with van der Waals surface area (Å²) in [5, 5.41) is 5.08. The number of pyridine rings is 1. The van der Waals surface area contributed by atoms with Gasteiger partial charge in [0.15, 0.2) is 0 Å². The predicted molar refractivity (Wildman–Crippen MR) is 90.2 cm³/mol. The number of nitrogens with one attached hydrogen (secondary N) is 1. The van der Waals surface area contributed by atoms with Gasteiger partial charge in [-0.2, -0.15) is 5.10 Å². The standard InChI is InChI=1S/C18H15FN4O/c1-23-10-11(8-22-23)15-9-21-18-17(15)14(5-6-20-18)13-4-3-12(24-2)7-16(13)19/h3-10H,1-2H3,(H,20,21). The van der Waals surface area contributed by atoms with E-state index in [-0.39, 0.29) is 5.82 Å². The van der Waals surface area contributed by atoms with Crippen LogP contribution in [-0.4, -0.2) is 26.9 Å². The van der Waals surface area contributed by atoms with Crippen LogP contribution in [0.15, 0.2) is 49.1 Å². The van der Waals surface area contributed by atoms with Gasteiger partial charge in [-0.15, -0.1) is 0 Å². The third-order valence-corrected chi connectivity index (χ3v) is 4.06. The summed E-state index contributed by atoms with van der Waals surface area (Å²) in [5.74, 6) is 0.156. The second-order valence-electron chi connectivity index (χ2n) is 5.53. The summed E-state index contributed by atoms with van der Waals surface area (Å²) < 4.78 is 21.4. The lowest BCUT2D eigenvalue weighted by atomic mass is 9.99. The van der Waals surface area contributed by atoms with Crippen molar-refractivity contribution < 1.29 is 9.13 Å². The molecule has 0 saturated heterocycles. The normalized spacial score (nSPS) is 11.1. The molecule has 3 aromatic heterocycles. The third-order valence-electron chi connectivity index (χ3n) is 4.06. The number of hydrogen-bond acceptors (Lipinski definition) is 3. The minimum Gasteiger partial charge on any atom is -0.497 e. The van der Waals surface area contributed by atoms with Crippen molar-refractivity contribution in [2.75, 3.05) is 7.11 Å². The van der Waals surface area contributed by atoms with E-state index in [4.69, 9.17) is 4.74 Å². The van der Waals surface area contributed by atoms with Gasteiger partial charge in [-0.05, 0) is 23.8 Å². The fourth-order valence-corrected chi connectivity index (χ4v) is 2.91. The van der Waals surface area contributed by atoms with Crippen molar-refractivity contribution in [2.24, 2.45) is 7.05 Å². The maximum absolute atomic E-state index is 14.6. The van der Waals surface area contributed by atoms with E-state index in [0.717, 1.165) is 22.1 Å². The largest absolute Gasteiger partial charge is 0.497 e. The molecule has 0 atom stereocenters. The molecule has 0 aliphatic carbocycles. The molecule has 5 nitrogen and oxygen atoms in total. The average Bonchev–Trinajstić information content (AvgIpc) is 3.20. The van der Waals surface area contributed by atoms with Gasteiger partial charge in [-0.25, -0.2) is 9.37 Å². The molecule has 1 aromatic carbocycles. The molecular formula is C18H15FN4O. The summed E-state index contributed by atoms with van der Waals surface area (Å²) in [6.07, 6.45) is 7.25. The van der Waals surface area contributed by atoms with Crippen LogP contribution in [0.1, 0.15) is 0 Å². The van der Waals surface area contributed by atoms with Crippen molar-refractivity contribution in [2.45, 2.75) is 0 Å². The first kappa shape index (κ1) is 14.4. The number of rotatable bonds is 3. The number of halogens is 1. The van der Waals surface area contributed by atoms with E-state index < -0.39 is 0 Å². The van der Waals surface area contributed by atoms with E-state index in [1.165, 1.54) is 13.2 Å². The maximum Gasteiger partial charge on any atom is 0.138 e. The first-order chi connectivity index (χ1) is 11.7. The van der Waals surface area contributed by atoms with E-state index in [9.17, 15) is 4.39 Å².